The summed E-state index contributed by atoms with van der Waals surface area (Å²) < 4.78 is 5.91. The molecule has 1 aromatic heterocycles. The molecular formula is C20H24N2O4. The minimum absolute atomic E-state index is 0.111. The van der Waals surface area contributed by atoms with Crippen LogP contribution in [0.3, 0.4) is 0 Å². The van der Waals surface area contributed by atoms with Crippen LogP contribution in [0, 0.1) is 13.8 Å². The van der Waals surface area contributed by atoms with Crippen LogP contribution in [0.4, 0.5) is 0 Å². The lowest BCUT2D eigenvalue weighted by molar-refractivity contribution is -0.123. The molecule has 2 aromatic rings. The number of amides is 1. The summed E-state index contributed by atoms with van der Waals surface area (Å²) >= 11 is 0. The summed E-state index contributed by atoms with van der Waals surface area (Å²) in [6.45, 7) is 4.53. The smallest absolute Gasteiger partial charge is 0.260 e. The SMILES string of the molecule is Cc1ccc(C(=O)N2CCOC(CO)(Cc3ccccc3C)C2)c(=O)[nH]1. The Hall–Kier alpha value is -2.44. The Bertz CT molecular complexity index is 861. The number of aliphatic hydroxyl groups is 1. The molecule has 0 bridgehead atoms. The quantitative estimate of drug-likeness (QED) is 0.868. The van der Waals surface area contributed by atoms with Crippen LogP contribution >= 0.6 is 0 Å². The average molecular weight is 356 g/mol. The molecule has 0 spiro atoms. The van der Waals surface area contributed by atoms with Gasteiger partial charge in [0.2, 0.25) is 0 Å². The highest BCUT2D eigenvalue weighted by Gasteiger charge is 2.39. The van der Waals surface area contributed by atoms with Crippen molar-refractivity contribution in [1.82, 2.24) is 9.88 Å². The molecule has 138 valence electrons. The number of morpholine rings is 1. The summed E-state index contributed by atoms with van der Waals surface area (Å²) in [6.07, 6.45) is 0.504. The summed E-state index contributed by atoms with van der Waals surface area (Å²) in [5, 5.41) is 10.0. The molecule has 3 rings (SSSR count). The van der Waals surface area contributed by atoms with Crippen LogP contribution in [0.2, 0.25) is 0 Å². The Morgan fingerprint density at radius 1 is 1.27 bits per heavy atom. The fourth-order valence-electron chi connectivity index (χ4n) is 3.34. The second-order valence-corrected chi connectivity index (χ2v) is 6.90. The number of carbonyl (C=O) groups excluding carboxylic acids is 1. The third kappa shape index (κ3) is 3.71. The monoisotopic (exact) mass is 356 g/mol. The van der Waals surface area contributed by atoms with Crippen LogP contribution in [0.5, 0.6) is 0 Å². The Morgan fingerprint density at radius 3 is 2.73 bits per heavy atom. The predicted molar refractivity (Wildman–Crippen MR) is 98.4 cm³/mol. The normalized spacial score (nSPS) is 20.2. The number of nitrogens with one attached hydrogen (secondary N) is 1. The number of aromatic nitrogens is 1. The van der Waals surface area contributed by atoms with E-state index >= 15 is 0 Å². The maximum absolute atomic E-state index is 12.8. The van der Waals surface area contributed by atoms with Crippen molar-refractivity contribution in [2.75, 3.05) is 26.3 Å². The first kappa shape index (κ1) is 18.4. The number of H-pyrrole nitrogens is 1. The van der Waals surface area contributed by atoms with Crippen molar-refractivity contribution in [2.45, 2.75) is 25.9 Å². The number of aromatic amines is 1. The molecule has 1 saturated heterocycles. The van der Waals surface area contributed by atoms with E-state index in [1.165, 1.54) is 0 Å². The van der Waals surface area contributed by atoms with Crippen LogP contribution in [-0.4, -0.2) is 52.8 Å². The average Bonchev–Trinajstić information content (AvgIpc) is 2.63. The van der Waals surface area contributed by atoms with Gasteiger partial charge in [-0.2, -0.15) is 0 Å². The second kappa shape index (κ2) is 7.43. The topological polar surface area (TPSA) is 82.6 Å². The lowest BCUT2D eigenvalue weighted by Gasteiger charge is -2.42. The van der Waals surface area contributed by atoms with E-state index in [9.17, 15) is 14.7 Å². The zero-order chi connectivity index (χ0) is 18.7. The van der Waals surface area contributed by atoms with Crippen molar-refractivity contribution in [2.24, 2.45) is 0 Å². The van der Waals surface area contributed by atoms with Gasteiger partial charge < -0.3 is 19.7 Å². The number of ether oxygens (including phenoxy) is 1. The maximum Gasteiger partial charge on any atom is 0.260 e. The van der Waals surface area contributed by atoms with Crippen molar-refractivity contribution in [3.8, 4) is 0 Å². The molecule has 0 radical (unpaired) electrons. The van der Waals surface area contributed by atoms with Gasteiger partial charge in [-0.05, 0) is 37.1 Å². The van der Waals surface area contributed by atoms with Crippen molar-refractivity contribution in [3.63, 3.8) is 0 Å². The molecule has 26 heavy (non-hydrogen) atoms. The van der Waals surface area contributed by atoms with Crippen LogP contribution in [0.25, 0.3) is 0 Å². The fourth-order valence-corrected chi connectivity index (χ4v) is 3.34. The molecule has 6 nitrogen and oxygen atoms in total. The summed E-state index contributed by atoms with van der Waals surface area (Å²) in [5.41, 5.74) is 1.75. The number of carbonyl (C=O) groups is 1. The molecule has 1 unspecified atom stereocenters. The van der Waals surface area contributed by atoms with Crippen molar-refractivity contribution in [1.29, 1.82) is 0 Å². The number of aryl methyl sites for hydroxylation is 2. The highest BCUT2D eigenvalue weighted by Crippen LogP contribution is 2.25. The fraction of sp³-hybridized carbons (Fsp3) is 0.400. The lowest BCUT2D eigenvalue weighted by Crippen LogP contribution is -2.57. The van der Waals surface area contributed by atoms with Crippen molar-refractivity contribution >= 4 is 5.91 Å². The molecule has 2 heterocycles. The third-order valence-corrected chi connectivity index (χ3v) is 4.88. The van der Waals surface area contributed by atoms with Crippen LogP contribution in [0.1, 0.15) is 27.2 Å². The molecule has 1 atom stereocenters. The first-order chi connectivity index (χ1) is 12.4. The highest BCUT2D eigenvalue weighted by atomic mass is 16.5. The minimum Gasteiger partial charge on any atom is -0.393 e. The first-order valence-electron chi connectivity index (χ1n) is 8.73. The van der Waals surface area contributed by atoms with E-state index in [-0.39, 0.29) is 24.6 Å². The predicted octanol–water partition coefficient (Wildman–Crippen LogP) is 1.44. The van der Waals surface area contributed by atoms with Crippen molar-refractivity contribution < 1.29 is 14.6 Å². The molecule has 1 amide bonds. The Kier molecular flexibility index (Phi) is 5.25. The number of aliphatic hydroxyl groups excluding tert-OH is 1. The van der Waals surface area contributed by atoms with Gasteiger partial charge in [-0.25, -0.2) is 0 Å². The Labute approximate surface area is 152 Å². The summed E-state index contributed by atoms with van der Waals surface area (Å²) in [5.74, 6) is -0.336. The van der Waals surface area contributed by atoms with Crippen molar-refractivity contribution in [3.05, 3.63) is 69.1 Å². The van der Waals surface area contributed by atoms with Crippen LogP contribution in [0.15, 0.2) is 41.2 Å². The third-order valence-electron chi connectivity index (χ3n) is 4.88. The molecule has 0 aliphatic carbocycles. The molecule has 1 aromatic carbocycles. The number of benzene rings is 1. The van der Waals surface area contributed by atoms with Gasteiger partial charge in [0, 0.05) is 18.7 Å². The minimum atomic E-state index is -0.864. The van der Waals surface area contributed by atoms with E-state index < -0.39 is 11.2 Å². The molecule has 0 saturated carbocycles. The molecule has 1 fully saturated rings. The van der Waals surface area contributed by atoms with E-state index in [0.717, 1.165) is 11.1 Å². The summed E-state index contributed by atoms with van der Waals surface area (Å²) in [6, 6.07) is 11.2. The zero-order valence-corrected chi connectivity index (χ0v) is 15.1. The molecule has 6 heteroatoms. The van der Waals surface area contributed by atoms with Gasteiger partial charge in [-0.3, -0.25) is 9.59 Å². The van der Waals surface area contributed by atoms with E-state index in [1.807, 2.05) is 31.2 Å². The van der Waals surface area contributed by atoms with Gasteiger partial charge in [0.1, 0.15) is 11.2 Å². The van der Waals surface area contributed by atoms with E-state index in [4.69, 9.17) is 4.74 Å². The Balaban J connectivity index is 1.83. The standard InChI is InChI=1S/C20H24N2O4/c1-14-5-3-4-6-16(14)11-20(13-23)12-22(9-10-26-20)19(25)17-8-7-15(2)21-18(17)24/h3-8,23H,9-13H2,1-2H3,(H,21,24). The molecule has 1 aliphatic rings. The number of hydrogen-bond acceptors (Lipinski definition) is 4. The first-order valence-corrected chi connectivity index (χ1v) is 8.73. The van der Waals surface area contributed by atoms with Gasteiger partial charge >= 0.3 is 0 Å². The van der Waals surface area contributed by atoms with Gasteiger partial charge in [0.05, 0.1) is 19.8 Å². The Morgan fingerprint density at radius 2 is 2.04 bits per heavy atom. The maximum atomic E-state index is 12.8. The van der Waals surface area contributed by atoms with Gasteiger partial charge in [0.15, 0.2) is 0 Å². The van der Waals surface area contributed by atoms with Gasteiger partial charge in [0.25, 0.3) is 11.5 Å². The summed E-state index contributed by atoms with van der Waals surface area (Å²) in [4.78, 5) is 29.2. The number of rotatable bonds is 4. The molecule has 2 N–H and O–H groups in total. The lowest BCUT2D eigenvalue weighted by atomic mass is 9.90. The summed E-state index contributed by atoms with van der Waals surface area (Å²) in [7, 11) is 0. The van der Waals surface area contributed by atoms with E-state index in [0.29, 0.717) is 25.3 Å². The number of pyridine rings is 1. The molecule has 1 aliphatic heterocycles. The number of hydrogen-bond donors (Lipinski definition) is 2. The number of nitrogens with zero attached hydrogens (tertiary/aromatic N) is 1. The van der Waals surface area contributed by atoms with E-state index in [2.05, 4.69) is 4.98 Å². The second-order valence-electron chi connectivity index (χ2n) is 6.90. The highest BCUT2D eigenvalue weighted by molar-refractivity contribution is 5.94. The van der Waals surface area contributed by atoms with Gasteiger partial charge in [-0.15, -0.1) is 0 Å². The largest absolute Gasteiger partial charge is 0.393 e. The van der Waals surface area contributed by atoms with Gasteiger partial charge in [-0.1, -0.05) is 24.3 Å². The molecular weight excluding hydrogens is 332 g/mol. The van der Waals surface area contributed by atoms with Crippen LogP contribution in [-0.2, 0) is 11.2 Å². The van der Waals surface area contributed by atoms with Crippen LogP contribution < -0.4 is 5.56 Å². The zero-order valence-electron chi connectivity index (χ0n) is 15.1. The van der Waals surface area contributed by atoms with E-state index in [1.54, 1.807) is 24.0 Å².